The van der Waals surface area contributed by atoms with E-state index in [1.807, 2.05) is 12.4 Å². The lowest BCUT2D eigenvalue weighted by molar-refractivity contribution is 0.263. The number of hydrogen-bond donors (Lipinski definition) is 6. The molecule has 2 aliphatic heterocycles. The zero-order valence-electron chi connectivity index (χ0n) is 23.0. The van der Waals surface area contributed by atoms with Gasteiger partial charge in [-0.2, -0.15) is 0 Å². The lowest BCUT2D eigenvalue weighted by Gasteiger charge is -2.24. The molecule has 38 heavy (non-hydrogen) atoms. The van der Waals surface area contributed by atoms with Crippen LogP contribution in [0.2, 0.25) is 0 Å². The smallest absolute Gasteiger partial charge is 0.0886 e. The normalized spacial score (nSPS) is 20.9. The summed E-state index contributed by atoms with van der Waals surface area (Å²) < 4.78 is 0. The summed E-state index contributed by atoms with van der Waals surface area (Å²) in [6.45, 7) is 18.1. The standard InChI is InChI=1S/C28H48N10/c1-3-27(35-21-25(1)23-37-17-13-31-9-5-29-6-10-32-14-18-37)28-4-2-26(22-36-28)24-38-19-15-33-11-7-30-8-12-34-16-20-38/h1-4,21-22,29-34H,5-20,23-24H2. The highest BCUT2D eigenvalue weighted by Gasteiger charge is 2.10. The van der Waals surface area contributed by atoms with Crippen LogP contribution in [0.3, 0.4) is 0 Å². The minimum Gasteiger partial charge on any atom is -0.314 e. The molecule has 0 saturated carbocycles. The van der Waals surface area contributed by atoms with Gasteiger partial charge in [0.05, 0.1) is 11.4 Å². The van der Waals surface area contributed by atoms with E-state index in [2.05, 4.69) is 66.0 Å². The summed E-state index contributed by atoms with van der Waals surface area (Å²) >= 11 is 0. The molecule has 6 N–H and O–H groups in total. The molecule has 2 saturated heterocycles. The Balaban J connectivity index is 1.28. The molecule has 2 aromatic rings. The predicted molar refractivity (Wildman–Crippen MR) is 155 cm³/mol. The van der Waals surface area contributed by atoms with Crippen LogP contribution in [0, 0.1) is 0 Å². The Labute approximate surface area is 228 Å². The number of rotatable bonds is 5. The molecular formula is C28H48N10. The fraction of sp³-hybridized carbons (Fsp3) is 0.643. The Bertz CT molecular complexity index is 779. The molecule has 0 unspecified atom stereocenters. The molecule has 2 aliphatic rings. The van der Waals surface area contributed by atoms with E-state index in [0.717, 1.165) is 129 Å². The van der Waals surface area contributed by atoms with Crippen molar-refractivity contribution in [1.82, 2.24) is 51.7 Å². The highest BCUT2D eigenvalue weighted by molar-refractivity contribution is 5.54. The predicted octanol–water partition coefficient (Wildman–Crippen LogP) is -0.688. The number of nitrogens with zero attached hydrogens (tertiary/aromatic N) is 4. The van der Waals surface area contributed by atoms with E-state index in [1.54, 1.807) is 0 Å². The van der Waals surface area contributed by atoms with Crippen LogP contribution < -0.4 is 31.9 Å². The fourth-order valence-electron chi connectivity index (χ4n) is 4.80. The van der Waals surface area contributed by atoms with Gasteiger partial charge in [-0.05, 0) is 23.3 Å². The molecule has 0 spiro atoms. The van der Waals surface area contributed by atoms with Gasteiger partial charge in [-0.3, -0.25) is 19.8 Å². The van der Waals surface area contributed by atoms with Crippen molar-refractivity contribution >= 4 is 0 Å². The Hall–Kier alpha value is -2.02. The molecule has 0 aromatic carbocycles. The Morgan fingerprint density at radius 3 is 1.05 bits per heavy atom. The van der Waals surface area contributed by atoms with E-state index < -0.39 is 0 Å². The first-order valence-corrected chi connectivity index (χ1v) is 14.5. The lowest BCUT2D eigenvalue weighted by atomic mass is 10.1. The van der Waals surface area contributed by atoms with Crippen molar-refractivity contribution in [3.05, 3.63) is 47.8 Å². The minimum atomic E-state index is 0.914. The molecule has 10 nitrogen and oxygen atoms in total. The third-order valence-corrected chi connectivity index (χ3v) is 7.06. The van der Waals surface area contributed by atoms with Gasteiger partial charge in [-0.1, -0.05) is 12.1 Å². The molecule has 210 valence electrons. The van der Waals surface area contributed by atoms with Gasteiger partial charge in [-0.25, -0.2) is 0 Å². The number of aromatic nitrogens is 2. The third-order valence-electron chi connectivity index (χ3n) is 7.06. The quantitative estimate of drug-likeness (QED) is 0.301. The van der Waals surface area contributed by atoms with E-state index in [-0.39, 0.29) is 0 Å². The molecule has 0 bridgehead atoms. The largest absolute Gasteiger partial charge is 0.314 e. The summed E-state index contributed by atoms with van der Waals surface area (Å²) in [6, 6.07) is 8.62. The number of nitrogens with one attached hydrogen (secondary N) is 6. The molecule has 4 heterocycles. The molecule has 0 amide bonds. The summed E-state index contributed by atoms with van der Waals surface area (Å²) in [4.78, 5) is 14.5. The van der Waals surface area contributed by atoms with Crippen LogP contribution in [0.25, 0.3) is 11.4 Å². The van der Waals surface area contributed by atoms with Crippen molar-refractivity contribution in [1.29, 1.82) is 0 Å². The van der Waals surface area contributed by atoms with E-state index >= 15 is 0 Å². The van der Waals surface area contributed by atoms with Crippen LogP contribution in [0.1, 0.15) is 11.1 Å². The number of pyridine rings is 2. The summed E-state index contributed by atoms with van der Waals surface area (Å²) in [6.07, 6.45) is 4.02. The van der Waals surface area contributed by atoms with Gasteiger partial charge in [0.1, 0.15) is 0 Å². The summed E-state index contributed by atoms with van der Waals surface area (Å²) in [5, 5.41) is 21.0. The molecule has 4 rings (SSSR count). The first-order valence-electron chi connectivity index (χ1n) is 14.5. The highest BCUT2D eigenvalue weighted by Crippen LogP contribution is 2.16. The molecule has 2 aromatic heterocycles. The van der Waals surface area contributed by atoms with Gasteiger partial charge < -0.3 is 31.9 Å². The van der Waals surface area contributed by atoms with E-state index in [1.165, 1.54) is 11.1 Å². The Kier molecular flexibility index (Phi) is 13.4. The van der Waals surface area contributed by atoms with Gasteiger partial charge in [0.25, 0.3) is 0 Å². The van der Waals surface area contributed by atoms with Gasteiger partial charge in [0.15, 0.2) is 0 Å². The maximum absolute atomic E-state index is 4.76. The number of hydrogen-bond acceptors (Lipinski definition) is 10. The van der Waals surface area contributed by atoms with Crippen molar-refractivity contribution in [2.24, 2.45) is 0 Å². The van der Waals surface area contributed by atoms with Gasteiger partial charge in [0, 0.05) is 130 Å². The monoisotopic (exact) mass is 524 g/mol. The van der Waals surface area contributed by atoms with Gasteiger partial charge >= 0.3 is 0 Å². The highest BCUT2D eigenvalue weighted by atomic mass is 15.2. The molecule has 10 heteroatoms. The van der Waals surface area contributed by atoms with E-state index in [4.69, 9.17) is 9.97 Å². The molecular weight excluding hydrogens is 476 g/mol. The summed E-state index contributed by atoms with van der Waals surface area (Å²) in [5.41, 5.74) is 4.34. The molecule has 0 aliphatic carbocycles. The second-order valence-electron chi connectivity index (χ2n) is 10.2. The Morgan fingerprint density at radius 2 is 0.763 bits per heavy atom. The average Bonchev–Trinajstić information content (AvgIpc) is 2.93. The first-order chi connectivity index (χ1) is 18.9. The SMILES string of the molecule is c1cc(-c2ccc(CN3CCNCCNCCNCC3)cn2)ncc1CN1CCNCCNCCNCC1. The lowest BCUT2D eigenvalue weighted by Crippen LogP contribution is -2.41. The van der Waals surface area contributed by atoms with E-state index in [0.29, 0.717) is 0 Å². The van der Waals surface area contributed by atoms with Gasteiger partial charge in [0.2, 0.25) is 0 Å². The molecule has 0 atom stereocenters. The minimum absolute atomic E-state index is 0.914. The topological polar surface area (TPSA) is 104 Å². The summed E-state index contributed by atoms with van der Waals surface area (Å²) in [5.74, 6) is 0. The van der Waals surface area contributed by atoms with Crippen molar-refractivity contribution in [2.75, 3.05) is 105 Å². The van der Waals surface area contributed by atoms with E-state index in [9.17, 15) is 0 Å². The van der Waals surface area contributed by atoms with Gasteiger partial charge in [-0.15, -0.1) is 0 Å². The Morgan fingerprint density at radius 1 is 0.447 bits per heavy atom. The second kappa shape index (κ2) is 17.5. The zero-order valence-corrected chi connectivity index (χ0v) is 23.0. The fourth-order valence-corrected chi connectivity index (χ4v) is 4.80. The van der Waals surface area contributed by atoms with Crippen LogP contribution in [0.4, 0.5) is 0 Å². The first kappa shape index (κ1) is 29.0. The van der Waals surface area contributed by atoms with Crippen molar-refractivity contribution < 1.29 is 0 Å². The van der Waals surface area contributed by atoms with Crippen LogP contribution >= 0.6 is 0 Å². The molecule has 0 radical (unpaired) electrons. The summed E-state index contributed by atoms with van der Waals surface area (Å²) in [7, 11) is 0. The molecule has 2 fully saturated rings. The third kappa shape index (κ3) is 11.0. The van der Waals surface area contributed by atoms with Crippen LogP contribution in [0.5, 0.6) is 0 Å². The van der Waals surface area contributed by atoms with Crippen molar-refractivity contribution in [2.45, 2.75) is 13.1 Å². The second-order valence-corrected chi connectivity index (χ2v) is 10.2. The maximum Gasteiger partial charge on any atom is 0.0886 e. The van der Waals surface area contributed by atoms with Crippen LogP contribution in [-0.2, 0) is 13.1 Å². The zero-order chi connectivity index (χ0) is 26.1. The van der Waals surface area contributed by atoms with Crippen molar-refractivity contribution in [3.8, 4) is 11.4 Å². The van der Waals surface area contributed by atoms with Crippen LogP contribution in [-0.4, -0.2) is 124 Å². The maximum atomic E-state index is 4.76. The van der Waals surface area contributed by atoms with Crippen LogP contribution in [0.15, 0.2) is 36.7 Å². The van der Waals surface area contributed by atoms with Crippen molar-refractivity contribution in [3.63, 3.8) is 0 Å². The average molecular weight is 525 g/mol.